The first-order valence-corrected chi connectivity index (χ1v) is 4.60. The van der Waals surface area contributed by atoms with Gasteiger partial charge in [0.25, 0.3) is 0 Å². The fourth-order valence-electron chi connectivity index (χ4n) is 1.24. The van der Waals surface area contributed by atoms with Gasteiger partial charge in [-0.25, -0.2) is 0 Å². The molecule has 0 unspecified atom stereocenters. The number of unbranched alkanes of at least 4 members (excludes halogenated alkanes) is 2. The second-order valence-corrected chi connectivity index (χ2v) is 3.12. The van der Waals surface area contributed by atoms with Crippen molar-refractivity contribution < 1.29 is 5.11 Å². The fourth-order valence-corrected chi connectivity index (χ4v) is 1.24. The lowest BCUT2D eigenvalue weighted by molar-refractivity contribution is 0.475. The smallest absolute Gasteiger partial charge is 0.115 e. The van der Waals surface area contributed by atoms with Gasteiger partial charge in [-0.3, -0.25) is 0 Å². The summed E-state index contributed by atoms with van der Waals surface area (Å²) < 4.78 is 0. The molecular weight excluding hydrogens is 162 g/mol. The Labute approximate surface area is 78.7 Å². The van der Waals surface area contributed by atoms with E-state index in [-0.39, 0.29) is 0 Å². The molecule has 0 atom stereocenters. The molecule has 1 rings (SSSR count). The van der Waals surface area contributed by atoms with Crippen molar-refractivity contribution in [1.29, 1.82) is 5.41 Å². The number of benzene rings is 1. The largest absolute Gasteiger partial charge is 0.508 e. The quantitative estimate of drug-likeness (QED) is 0.527. The van der Waals surface area contributed by atoms with E-state index in [1.54, 1.807) is 12.1 Å². The predicted molar refractivity (Wildman–Crippen MR) is 54.4 cm³/mol. The molecule has 2 heteroatoms. The lowest BCUT2D eigenvalue weighted by atomic mass is 10.1. The molecule has 0 aliphatic carbocycles. The van der Waals surface area contributed by atoms with Crippen molar-refractivity contribution >= 4 is 6.21 Å². The highest BCUT2D eigenvalue weighted by Crippen LogP contribution is 2.11. The molecule has 0 aromatic heterocycles. The number of nitrogens with one attached hydrogen (secondary N) is 1. The molecule has 0 radical (unpaired) electrons. The Morgan fingerprint density at radius 2 is 1.85 bits per heavy atom. The normalized spacial score (nSPS) is 9.85. The van der Waals surface area contributed by atoms with Crippen LogP contribution in [0.2, 0.25) is 0 Å². The zero-order valence-corrected chi connectivity index (χ0v) is 7.66. The third kappa shape index (κ3) is 3.74. The molecule has 2 N–H and O–H groups in total. The van der Waals surface area contributed by atoms with Crippen LogP contribution in [-0.2, 0) is 6.42 Å². The van der Waals surface area contributed by atoms with E-state index in [1.165, 1.54) is 11.8 Å². The standard InChI is InChI=1S/C11H15NO/c12-9-3-1-2-4-10-5-7-11(13)8-6-10/h5-9,12-13H,1-4H2. The van der Waals surface area contributed by atoms with Gasteiger partial charge in [-0.2, -0.15) is 0 Å². The van der Waals surface area contributed by atoms with Crippen LogP contribution >= 0.6 is 0 Å². The van der Waals surface area contributed by atoms with Crippen LogP contribution in [-0.4, -0.2) is 11.3 Å². The number of hydrogen-bond donors (Lipinski definition) is 2. The highest BCUT2D eigenvalue weighted by molar-refractivity contribution is 5.52. The molecule has 0 saturated heterocycles. The second-order valence-electron chi connectivity index (χ2n) is 3.12. The Morgan fingerprint density at radius 3 is 2.46 bits per heavy atom. The van der Waals surface area contributed by atoms with Crippen molar-refractivity contribution in [1.82, 2.24) is 0 Å². The van der Waals surface area contributed by atoms with E-state index in [0.29, 0.717) is 5.75 Å². The minimum Gasteiger partial charge on any atom is -0.508 e. The highest BCUT2D eigenvalue weighted by Gasteiger charge is 1.92. The first kappa shape index (κ1) is 9.78. The van der Waals surface area contributed by atoms with Crippen LogP contribution < -0.4 is 0 Å². The van der Waals surface area contributed by atoms with Crippen LogP contribution in [0.4, 0.5) is 0 Å². The van der Waals surface area contributed by atoms with E-state index in [2.05, 4.69) is 0 Å². The second kappa shape index (κ2) is 5.36. The summed E-state index contributed by atoms with van der Waals surface area (Å²) in [6.45, 7) is 0. The molecule has 0 saturated carbocycles. The number of aromatic hydroxyl groups is 1. The van der Waals surface area contributed by atoms with Crippen LogP contribution in [0.1, 0.15) is 24.8 Å². The van der Waals surface area contributed by atoms with Crippen molar-refractivity contribution in [3.63, 3.8) is 0 Å². The summed E-state index contributed by atoms with van der Waals surface area (Å²) in [5.74, 6) is 0.322. The number of aryl methyl sites for hydroxylation is 1. The van der Waals surface area contributed by atoms with Crippen LogP contribution in [0.15, 0.2) is 24.3 Å². The minimum absolute atomic E-state index is 0.322. The lowest BCUT2D eigenvalue weighted by Crippen LogP contribution is -1.85. The van der Waals surface area contributed by atoms with Crippen molar-refractivity contribution in [3.05, 3.63) is 29.8 Å². The Morgan fingerprint density at radius 1 is 1.15 bits per heavy atom. The maximum absolute atomic E-state index is 9.04. The summed E-state index contributed by atoms with van der Waals surface area (Å²) >= 11 is 0. The van der Waals surface area contributed by atoms with Gasteiger partial charge in [-0.15, -0.1) is 0 Å². The van der Waals surface area contributed by atoms with Gasteiger partial charge >= 0.3 is 0 Å². The average Bonchev–Trinajstić information content (AvgIpc) is 2.15. The number of rotatable bonds is 5. The van der Waals surface area contributed by atoms with Crippen LogP contribution in [0.25, 0.3) is 0 Å². The Kier molecular flexibility index (Phi) is 4.03. The van der Waals surface area contributed by atoms with E-state index in [0.717, 1.165) is 25.7 Å². The summed E-state index contributed by atoms with van der Waals surface area (Å²) in [5, 5.41) is 15.9. The van der Waals surface area contributed by atoms with Gasteiger partial charge in [0.2, 0.25) is 0 Å². The van der Waals surface area contributed by atoms with Crippen LogP contribution in [0.5, 0.6) is 5.75 Å². The summed E-state index contributed by atoms with van der Waals surface area (Å²) in [6, 6.07) is 7.32. The molecule has 0 bridgehead atoms. The maximum Gasteiger partial charge on any atom is 0.115 e. The van der Waals surface area contributed by atoms with Crippen molar-refractivity contribution in [2.45, 2.75) is 25.7 Å². The zero-order chi connectivity index (χ0) is 9.52. The first-order valence-electron chi connectivity index (χ1n) is 4.60. The molecule has 2 nitrogen and oxygen atoms in total. The van der Waals surface area contributed by atoms with Gasteiger partial charge < -0.3 is 10.5 Å². The minimum atomic E-state index is 0.322. The van der Waals surface area contributed by atoms with E-state index in [9.17, 15) is 0 Å². The Bertz CT molecular complexity index is 253. The highest BCUT2D eigenvalue weighted by atomic mass is 16.3. The third-order valence-electron chi connectivity index (χ3n) is 2.00. The first-order chi connectivity index (χ1) is 6.33. The topological polar surface area (TPSA) is 44.1 Å². The third-order valence-corrected chi connectivity index (χ3v) is 2.00. The molecule has 70 valence electrons. The zero-order valence-electron chi connectivity index (χ0n) is 7.66. The number of phenolic OH excluding ortho intramolecular Hbond substituents is 1. The van der Waals surface area contributed by atoms with Crippen LogP contribution in [0, 0.1) is 5.41 Å². The molecule has 0 aliphatic rings. The summed E-state index contributed by atoms with van der Waals surface area (Å²) in [5.41, 5.74) is 1.25. The summed E-state index contributed by atoms with van der Waals surface area (Å²) in [4.78, 5) is 0. The predicted octanol–water partition coefficient (Wildman–Crippen LogP) is 2.75. The van der Waals surface area contributed by atoms with Gasteiger partial charge in [0.1, 0.15) is 5.75 Å². The molecule has 0 heterocycles. The molecule has 13 heavy (non-hydrogen) atoms. The number of phenols is 1. The SMILES string of the molecule is N=CCCCCc1ccc(O)cc1. The average molecular weight is 177 g/mol. The molecule has 0 fully saturated rings. The van der Waals surface area contributed by atoms with Crippen LogP contribution in [0.3, 0.4) is 0 Å². The molecule has 0 aliphatic heterocycles. The lowest BCUT2D eigenvalue weighted by Gasteiger charge is -1.99. The van der Waals surface area contributed by atoms with E-state index in [4.69, 9.17) is 10.5 Å². The summed E-state index contributed by atoms with van der Waals surface area (Å²) in [7, 11) is 0. The monoisotopic (exact) mass is 177 g/mol. The van der Waals surface area contributed by atoms with E-state index >= 15 is 0 Å². The van der Waals surface area contributed by atoms with Gasteiger partial charge in [0, 0.05) is 0 Å². The molecule has 1 aromatic rings. The molecule has 0 amide bonds. The molecular formula is C11H15NO. The van der Waals surface area contributed by atoms with Crippen molar-refractivity contribution in [3.8, 4) is 5.75 Å². The molecule has 1 aromatic carbocycles. The van der Waals surface area contributed by atoms with Crippen molar-refractivity contribution in [2.75, 3.05) is 0 Å². The number of hydrogen-bond acceptors (Lipinski definition) is 2. The van der Waals surface area contributed by atoms with Gasteiger partial charge in [-0.1, -0.05) is 12.1 Å². The van der Waals surface area contributed by atoms with Gasteiger partial charge in [-0.05, 0) is 49.6 Å². The Hall–Kier alpha value is -1.31. The maximum atomic E-state index is 9.04. The fraction of sp³-hybridized carbons (Fsp3) is 0.364. The molecule has 0 spiro atoms. The van der Waals surface area contributed by atoms with E-state index in [1.807, 2.05) is 12.1 Å². The Balaban J connectivity index is 2.28. The van der Waals surface area contributed by atoms with Gasteiger partial charge in [0.15, 0.2) is 0 Å². The summed E-state index contributed by atoms with van der Waals surface area (Å²) in [6.07, 6.45) is 5.55. The van der Waals surface area contributed by atoms with Crippen molar-refractivity contribution in [2.24, 2.45) is 0 Å². The van der Waals surface area contributed by atoms with Gasteiger partial charge in [0.05, 0.1) is 0 Å². The van der Waals surface area contributed by atoms with E-state index < -0.39 is 0 Å².